The minimum absolute atomic E-state index is 0.0600. The van der Waals surface area contributed by atoms with E-state index in [9.17, 15) is 9.90 Å². The summed E-state index contributed by atoms with van der Waals surface area (Å²) in [6.07, 6.45) is 2.18. The van der Waals surface area contributed by atoms with E-state index in [-0.39, 0.29) is 23.9 Å². The third-order valence-electron chi connectivity index (χ3n) is 5.65. The molecule has 1 heterocycles. The molecule has 1 aromatic heterocycles. The van der Waals surface area contributed by atoms with E-state index in [1.165, 1.54) is 0 Å². The van der Waals surface area contributed by atoms with Gasteiger partial charge in [0, 0.05) is 23.0 Å². The minimum Gasteiger partial charge on any atom is -0.507 e. The molecule has 3 aromatic rings. The van der Waals surface area contributed by atoms with Crippen LogP contribution in [0.1, 0.15) is 45.7 Å². The predicted octanol–water partition coefficient (Wildman–Crippen LogP) is 5.82. The van der Waals surface area contributed by atoms with Gasteiger partial charge in [-0.3, -0.25) is 0 Å². The molecule has 1 amide bonds. The second-order valence-corrected chi connectivity index (χ2v) is 9.90. The molecular weight excluding hydrogens is 440 g/mol. The van der Waals surface area contributed by atoms with E-state index < -0.39 is 5.60 Å². The Bertz CT molecular complexity index is 1170. The highest BCUT2D eigenvalue weighted by Gasteiger charge is 2.28. The molecule has 3 N–H and O–H groups in total. The molecule has 0 spiro atoms. The van der Waals surface area contributed by atoms with Gasteiger partial charge in [-0.1, -0.05) is 23.7 Å². The number of anilines is 1. The normalized spacial score (nSPS) is 18.3. The molecule has 2 atom stereocenters. The fourth-order valence-electron chi connectivity index (χ4n) is 4.20. The third kappa shape index (κ3) is 5.47. The van der Waals surface area contributed by atoms with Gasteiger partial charge in [0.05, 0.1) is 16.2 Å². The standard InChI is InChI=1S/C25H29ClN4O3/c1-14-18-12-15(22-19(26)6-5-7-21(22)31)8-11-20(18)30-23(27-14)28-16-9-10-17(13-16)29-24(32)33-25(2,3)4/h5-8,11-12,16-17,31H,9-10,13H2,1-4H3,(H,29,32)(H,27,28,30)/t16-,17+/m1/s1. The summed E-state index contributed by atoms with van der Waals surface area (Å²) in [6, 6.07) is 11.1. The fraction of sp³-hybridized carbons (Fsp3) is 0.400. The Kier molecular flexibility index (Phi) is 6.34. The third-order valence-corrected chi connectivity index (χ3v) is 5.97. The van der Waals surface area contributed by atoms with Gasteiger partial charge in [0.2, 0.25) is 5.95 Å². The zero-order valence-electron chi connectivity index (χ0n) is 19.3. The van der Waals surface area contributed by atoms with Gasteiger partial charge < -0.3 is 20.5 Å². The zero-order chi connectivity index (χ0) is 23.8. The van der Waals surface area contributed by atoms with Crippen LogP contribution >= 0.6 is 11.6 Å². The molecule has 1 aliphatic carbocycles. The maximum Gasteiger partial charge on any atom is 0.407 e. The number of halogens is 1. The smallest absolute Gasteiger partial charge is 0.407 e. The highest BCUT2D eigenvalue weighted by molar-refractivity contribution is 6.33. The molecule has 8 heteroatoms. The van der Waals surface area contributed by atoms with E-state index in [0.717, 1.165) is 41.4 Å². The number of phenolic OH excluding ortho intramolecular Hbond substituents is 1. The molecule has 2 aromatic carbocycles. The van der Waals surface area contributed by atoms with Gasteiger partial charge >= 0.3 is 6.09 Å². The largest absolute Gasteiger partial charge is 0.507 e. The van der Waals surface area contributed by atoms with Crippen LogP contribution in [0.4, 0.5) is 10.7 Å². The number of aromatic hydroxyl groups is 1. The molecule has 1 saturated carbocycles. The fourth-order valence-corrected chi connectivity index (χ4v) is 4.48. The summed E-state index contributed by atoms with van der Waals surface area (Å²) in [7, 11) is 0. The molecule has 0 aliphatic heterocycles. The quantitative estimate of drug-likeness (QED) is 0.446. The second-order valence-electron chi connectivity index (χ2n) is 9.50. The number of benzene rings is 2. The van der Waals surface area contributed by atoms with E-state index >= 15 is 0 Å². The minimum atomic E-state index is -0.513. The average molecular weight is 469 g/mol. The Labute approximate surface area is 198 Å². The lowest BCUT2D eigenvalue weighted by Gasteiger charge is -2.22. The van der Waals surface area contributed by atoms with Crippen molar-refractivity contribution in [1.82, 2.24) is 15.3 Å². The summed E-state index contributed by atoms with van der Waals surface area (Å²) >= 11 is 6.31. The van der Waals surface area contributed by atoms with Crippen LogP contribution in [0.15, 0.2) is 36.4 Å². The van der Waals surface area contributed by atoms with Crippen molar-refractivity contribution in [3.05, 3.63) is 47.1 Å². The van der Waals surface area contributed by atoms with Crippen molar-refractivity contribution < 1.29 is 14.6 Å². The number of nitrogens with one attached hydrogen (secondary N) is 2. The molecule has 1 fully saturated rings. The lowest BCUT2D eigenvalue weighted by Crippen LogP contribution is -2.38. The summed E-state index contributed by atoms with van der Waals surface area (Å²) < 4.78 is 5.35. The number of carbonyl (C=O) groups excluding carboxylic acids is 1. The topological polar surface area (TPSA) is 96.4 Å². The number of rotatable bonds is 4. The van der Waals surface area contributed by atoms with Crippen molar-refractivity contribution in [1.29, 1.82) is 0 Å². The van der Waals surface area contributed by atoms with Crippen molar-refractivity contribution >= 4 is 34.5 Å². The van der Waals surface area contributed by atoms with Crippen LogP contribution in [0.25, 0.3) is 22.0 Å². The van der Waals surface area contributed by atoms with Crippen molar-refractivity contribution in [3.63, 3.8) is 0 Å². The average Bonchev–Trinajstić information content (AvgIpc) is 3.13. The first-order valence-corrected chi connectivity index (χ1v) is 11.5. The van der Waals surface area contributed by atoms with Crippen molar-refractivity contribution in [2.45, 2.75) is 64.6 Å². The Morgan fingerprint density at radius 1 is 1.15 bits per heavy atom. The number of amides is 1. The van der Waals surface area contributed by atoms with Gasteiger partial charge in [-0.15, -0.1) is 0 Å². The van der Waals surface area contributed by atoms with E-state index in [0.29, 0.717) is 16.5 Å². The number of hydrogen-bond acceptors (Lipinski definition) is 6. The van der Waals surface area contributed by atoms with Crippen LogP contribution in [0.5, 0.6) is 5.75 Å². The number of aryl methyl sites for hydroxylation is 1. The number of phenols is 1. The van der Waals surface area contributed by atoms with Crippen molar-refractivity contribution in [2.24, 2.45) is 0 Å². The van der Waals surface area contributed by atoms with Gasteiger partial charge in [0.25, 0.3) is 0 Å². The van der Waals surface area contributed by atoms with Gasteiger partial charge in [0.15, 0.2) is 0 Å². The first-order valence-electron chi connectivity index (χ1n) is 11.1. The van der Waals surface area contributed by atoms with Crippen LogP contribution in [0.2, 0.25) is 5.02 Å². The maximum absolute atomic E-state index is 12.0. The first kappa shape index (κ1) is 23.1. The Morgan fingerprint density at radius 2 is 1.91 bits per heavy atom. The molecule has 0 bridgehead atoms. The number of fused-ring (bicyclic) bond motifs is 1. The van der Waals surface area contributed by atoms with Gasteiger partial charge in [-0.05, 0) is 76.8 Å². The number of carbonyl (C=O) groups is 1. The number of ether oxygens (including phenoxy) is 1. The summed E-state index contributed by atoms with van der Waals surface area (Å²) in [5, 5.41) is 18.0. The molecule has 4 rings (SSSR count). The lowest BCUT2D eigenvalue weighted by molar-refractivity contribution is 0.0505. The molecule has 7 nitrogen and oxygen atoms in total. The Hall–Kier alpha value is -3.06. The van der Waals surface area contributed by atoms with E-state index in [1.807, 2.05) is 45.9 Å². The van der Waals surface area contributed by atoms with E-state index in [4.69, 9.17) is 16.3 Å². The molecule has 0 saturated heterocycles. The Balaban J connectivity index is 1.47. The Morgan fingerprint density at radius 3 is 2.64 bits per heavy atom. The van der Waals surface area contributed by atoms with Crippen LogP contribution in [0.3, 0.4) is 0 Å². The summed E-state index contributed by atoms with van der Waals surface area (Å²) in [5.74, 6) is 0.700. The summed E-state index contributed by atoms with van der Waals surface area (Å²) in [6.45, 7) is 7.49. The highest BCUT2D eigenvalue weighted by atomic mass is 35.5. The number of hydrogen-bond donors (Lipinski definition) is 3. The molecule has 33 heavy (non-hydrogen) atoms. The second kappa shape index (κ2) is 9.06. The van der Waals surface area contributed by atoms with Gasteiger partial charge in [-0.25, -0.2) is 14.8 Å². The van der Waals surface area contributed by atoms with E-state index in [2.05, 4.69) is 20.6 Å². The molecular formula is C25H29ClN4O3. The molecule has 174 valence electrons. The van der Waals surface area contributed by atoms with Crippen molar-refractivity contribution in [3.8, 4) is 16.9 Å². The van der Waals surface area contributed by atoms with E-state index in [1.54, 1.807) is 18.2 Å². The van der Waals surface area contributed by atoms with Crippen LogP contribution in [-0.4, -0.2) is 38.9 Å². The number of nitrogens with zero attached hydrogens (tertiary/aromatic N) is 2. The number of alkyl carbamates (subject to hydrolysis) is 1. The predicted molar refractivity (Wildman–Crippen MR) is 131 cm³/mol. The van der Waals surface area contributed by atoms with Crippen LogP contribution < -0.4 is 10.6 Å². The molecule has 0 radical (unpaired) electrons. The first-order chi connectivity index (χ1) is 15.6. The summed E-state index contributed by atoms with van der Waals surface area (Å²) in [5.41, 5.74) is 2.53. The molecule has 1 aliphatic rings. The maximum atomic E-state index is 12.0. The van der Waals surface area contributed by atoms with Crippen LogP contribution in [-0.2, 0) is 4.74 Å². The molecule has 0 unspecified atom stereocenters. The van der Waals surface area contributed by atoms with Gasteiger partial charge in [-0.2, -0.15) is 0 Å². The SMILES string of the molecule is Cc1nc(N[C@@H]2CC[C@H](NC(=O)OC(C)(C)C)C2)nc2ccc(-c3c(O)cccc3Cl)cc12. The monoisotopic (exact) mass is 468 g/mol. The van der Waals surface area contributed by atoms with Crippen LogP contribution in [0, 0.1) is 6.92 Å². The number of aromatic nitrogens is 2. The lowest BCUT2D eigenvalue weighted by atomic mass is 10.0. The zero-order valence-corrected chi connectivity index (χ0v) is 20.0. The summed E-state index contributed by atoms with van der Waals surface area (Å²) in [4.78, 5) is 21.4. The highest BCUT2D eigenvalue weighted by Crippen LogP contribution is 2.37. The van der Waals surface area contributed by atoms with Crippen molar-refractivity contribution in [2.75, 3.05) is 5.32 Å². The van der Waals surface area contributed by atoms with Gasteiger partial charge in [0.1, 0.15) is 11.4 Å².